The Balaban J connectivity index is 1.72. The van der Waals surface area contributed by atoms with E-state index in [1.54, 1.807) is 0 Å². The highest BCUT2D eigenvalue weighted by atomic mass is 15.3. The third-order valence-corrected chi connectivity index (χ3v) is 5.13. The van der Waals surface area contributed by atoms with Crippen LogP contribution >= 0.6 is 0 Å². The van der Waals surface area contributed by atoms with Crippen molar-refractivity contribution in [3.63, 3.8) is 0 Å². The molecule has 5 nitrogen and oxygen atoms in total. The first-order chi connectivity index (χ1) is 10.8. The van der Waals surface area contributed by atoms with Gasteiger partial charge in [0.25, 0.3) is 0 Å². The van der Waals surface area contributed by atoms with Gasteiger partial charge in [0.2, 0.25) is 5.95 Å². The summed E-state index contributed by atoms with van der Waals surface area (Å²) >= 11 is 0. The van der Waals surface area contributed by atoms with Crippen molar-refractivity contribution in [3.8, 4) is 0 Å². The largest absolute Gasteiger partial charge is 0.354 e. The lowest BCUT2D eigenvalue weighted by Crippen LogP contribution is -2.46. The highest BCUT2D eigenvalue weighted by Gasteiger charge is 2.24. The van der Waals surface area contributed by atoms with Gasteiger partial charge in [0.1, 0.15) is 5.82 Å². The standard InChI is InChI=1S/C17H29N5/c1-3-15-7-5-6-10-22(15)17-18-9-8-16(19-17)21-13-11-20(4-2)12-14-21/h8-9,15H,3-7,10-14H2,1-2H3. The number of piperidine rings is 1. The topological polar surface area (TPSA) is 35.5 Å². The first-order valence-electron chi connectivity index (χ1n) is 8.88. The van der Waals surface area contributed by atoms with Crippen LogP contribution < -0.4 is 9.80 Å². The lowest BCUT2D eigenvalue weighted by Gasteiger charge is -2.37. The molecule has 1 aromatic rings. The summed E-state index contributed by atoms with van der Waals surface area (Å²) in [7, 11) is 0. The fourth-order valence-corrected chi connectivity index (χ4v) is 3.64. The Bertz CT molecular complexity index is 470. The van der Waals surface area contributed by atoms with Crippen molar-refractivity contribution in [1.82, 2.24) is 14.9 Å². The molecule has 0 spiro atoms. The molecular formula is C17H29N5. The number of rotatable bonds is 4. The summed E-state index contributed by atoms with van der Waals surface area (Å²) in [4.78, 5) is 16.8. The van der Waals surface area contributed by atoms with Gasteiger partial charge in [-0.05, 0) is 38.3 Å². The molecule has 3 rings (SSSR count). The Hall–Kier alpha value is -1.36. The number of nitrogens with zero attached hydrogens (tertiary/aromatic N) is 5. The van der Waals surface area contributed by atoms with E-state index < -0.39 is 0 Å². The van der Waals surface area contributed by atoms with E-state index in [1.807, 2.05) is 6.20 Å². The summed E-state index contributed by atoms with van der Waals surface area (Å²) in [5, 5.41) is 0. The van der Waals surface area contributed by atoms with Crippen LogP contribution in [0.3, 0.4) is 0 Å². The molecule has 0 N–H and O–H groups in total. The molecule has 2 aliphatic heterocycles. The van der Waals surface area contributed by atoms with Gasteiger partial charge in [0.05, 0.1) is 0 Å². The Morgan fingerprint density at radius 1 is 1.09 bits per heavy atom. The SMILES string of the molecule is CCC1CCCCN1c1nccc(N2CCN(CC)CC2)n1. The van der Waals surface area contributed by atoms with Gasteiger partial charge in [-0.2, -0.15) is 4.98 Å². The van der Waals surface area contributed by atoms with E-state index in [-0.39, 0.29) is 0 Å². The Labute approximate surface area is 134 Å². The van der Waals surface area contributed by atoms with Crippen LogP contribution in [0.15, 0.2) is 12.3 Å². The average Bonchev–Trinajstić information content (AvgIpc) is 2.62. The second kappa shape index (κ2) is 7.27. The lowest BCUT2D eigenvalue weighted by atomic mass is 10.0. The number of anilines is 2. The van der Waals surface area contributed by atoms with E-state index in [9.17, 15) is 0 Å². The Morgan fingerprint density at radius 2 is 1.91 bits per heavy atom. The van der Waals surface area contributed by atoms with Gasteiger partial charge in [0.15, 0.2) is 0 Å². The molecule has 1 atom stereocenters. The van der Waals surface area contributed by atoms with Crippen molar-refractivity contribution >= 4 is 11.8 Å². The van der Waals surface area contributed by atoms with Crippen molar-refractivity contribution in [1.29, 1.82) is 0 Å². The van der Waals surface area contributed by atoms with Crippen LogP contribution in [0.4, 0.5) is 11.8 Å². The molecule has 2 aliphatic rings. The molecular weight excluding hydrogens is 274 g/mol. The molecule has 0 bridgehead atoms. The molecule has 0 radical (unpaired) electrons. The lowest BCUT2D eigenvalue weighted by molar-refractivity contribution is 0.270. The van der Waals surface area contributed by atoms with E-state index in [0.29, 0.717) is 6.04 Å². The fourth-order valence-electron chi connectivity index (χ4n) is 3.64. The molecule has 0 amide bonds. The van der Waals surface area contributed by atoms with Crippen LogP contribution in [0.1, 0.15) is 39.5 Å². The van der Waals surface area contributed by atoms with Crippen molar-refractivity contribution in [3.05, 3.63) is 12.3 Å². The number of hydrogen-bond acceptors (Lipinski definition) is 5. The van der Waals surface area contributed by atoms with Crippen molar-refractivity contribution in [2.75, 3.05) is 49.1 Å². The van der Waals surface area contributed by atoms with Gasteiger partial charge < -0.3 is 14.7 Å². The molecule has 5 heteroatoms. The van der Waals surface area contributed by atoms with Gasteiger partial charge in [0, 0.05) is 45.0 Å². The third-order valence-electron chi connectivity index (χ3n) is 5.13. The zero-order valence-corrected chi connectivity index (χ0v) is 14.0. The average molecular weight is 303 g/mol. The highest BCUT2D eigenvalue weighted by Crippen LogP contribution is 2.25. The molecule has 22 heavy (non-hydrogen) atoms. The summed E-state index contributed by atoms with van der Waals surface area (Å²) < 4.78 is 0. The normalized spacial score (nSPS) is 23.8. The Morgan fingerprint density at radius 3 is 2.64 bits per heavy atom. The molecule has 0 saturated carbocycles. The van der Waals surface area contributed by atoms with Crippen LogP contribution in [0, 0.1) is 0 Å². The molecule has 3 heterocycles. The van der Waals surface area contributed by atoms with E-state index in [1.165, 1.54) is 25.7 Å². The first-order valence-corrected chi connectivity index (χ1v) is 8.88. The number of likely N-dealkylation sites (N-methyl/N-ethyl adjacent to an activating group) is 1. The van der Waals surface area contributed by atoms with Gasteiger partial charge in [-0.1, -0.05) is 13.8 Å². The van der Waals surface area contributed by atoms with Crippen LogP contribution in [0.2, 0.25) is 0 Å². The van der Waals surface area contributed by atoms with Gasteiger partial charge in [-0.25, -0.2) is 4.98 Å². The minimum atomic E-state index is 0.612. The molecule has 0 aliphatic carbocycles. The predicted molar refractivity (Wildman–Crippen MR) is 91.6 cm³/mol. The van der Waals surface area contributed by atoms with E-state index in [0.717, 1.165) is 51.0 Å². The van der Waals surface area contributed by atoms with Gasteiger partial charge in [-0.3, -0.25) is 0 Å². The molecule has 2 fully saturated rings. The maximum Gasteiger partial charge on any atom is 0.227 e. The first kappa shape index (κ1) is 15.5. The monoisotopic (exact) mass is 303 g/mol. The van der Waals surface area contributed by atoms with Crippen molar-refractivity contribution in [2.24, 2.45) is 0 Å². The molecule has 122 valence electrons. The minimum Gasteiger partial charge on any atom is -0.354 e. The van der Waals surface area contributed by atoms with Crippen molar-refractivity contribution in [2.45, 2.75) is 45.6 Å². The van der Waals surface area contributed by atoms with E-state index >= 15 is 0 Å². The quantitative estimate of drug-likeness (QED) is 0.853. The summed E-state index contributed by atoms with van der Waals surface area (Å²) in [6, 6.07) is 2.68. The predicted octanol–water partition coefficient (Wildman–Crippen LogP) is 2.39. The maximum atomic E-state index is 4.89. The second-order valence-corrected chi connectivity index (χ2v) is 6.39. The van der Waals surface area contributed by atoms with Crippen molar-refractivity contribution < 1.29 is 0 Å². The molecule has 0 aromatic carbocycles. The number of piperazine rings is 1. The summed E-state index contributed by atoms with van der Waals surface area (Å²) in [5.74, 6) is 2.03. The number of hydrogen-bond donors (Lipinski definition) is 0. The zero-order valence-electron chi connectivity index (χ0n) is 14.0. The van der Waals surface area contributed by atoms with Gasteiger partial charge >= 0.3 is 0 Å². The van der Waals surface area contributed by atoms with E-state index in [4.69, 9.17) is 4.98 Å². The van der Waals surface area contributed by atoms with Crippen LogP contribution in [-0.2, 0) is 0 Å². The summed E-state index contributed by atoms with van der Waals surface area (Å²) in [6.45, 7) is 11.2. The highest BCUT2D eigenvalue weighted by molar-refractivity contribution is 5.45. The second-order valence-electron chi connectivity index (χ2n) is 6.39. The molecule has 1 aromatic heterocycles. The number of aromatic nitrogens is 2. The fraction of sp³-hybridized carbons (Fsp3) is 0.765. The molecule has 1 unspecified atom stereocenters. The van der Waals surface area contributed by atoms with Crippen LogP contribution in [0.25, 0.3) is 0 Å². The smallest absolute Gasteiger partial charge is 0.227 e. The molecule has 2 saturated heterocycles. The van der Waals surface area contributed by atoms with Gasteiger partial charge in [-0.15, -0.1) is 0 Å². The van der Waals surface area contributed by atoms with E-state index in [2.05, 4.69) is 39.6 Å². The maximum absolute atomic E-state index is 4.89. The third kappa shape index (κ3) is 3.35. The van der Waals surface area contributed by atoms with Crippen LogP contribution in [0.5, 0.6) is 0 Å². The summed E-state index contributed by atoms with van der Waals surface area (Å²) in [6.07, 6.45) is 7.00. The summed E-state index contributed by atoms with van der Waals surface area (Å²) in [5.41, 5.74) is 0. The minimum absolute atomic E-state index is 0.612. The van der Waals surface area contributed by atoms with Crippen LogP contribution in [-0.4, -0.2) is 60.2 Å². The Kier molecular flexibility index (Phi) is 5.13. The zero-order chi connectivity index (χ0) is 15.4.